The molecule has 4 heteroatoms. The minimum absolute atomic E-state index is 0.134. The first-order valence-corrected chi connectivity index (χ1v) is 5.85. The first kappa shape index (κ1) is 13.0. The molecule has 0 N–H and O–H groups in total. The van der Waals surface area contributed by atoms with Gasteiger partial charge in [-0.05, 0) is 24.3 Å². The number of hydrogen-bond acceptors (Lipinski definition) is 2. The van der Waals surface area contributed by atoms with Gasteiger partial charge in [0.05, 0.1) is 4.92 Å². The summed E-state index contributed by atoms with van der Waals surface area (Å²) < 4.78 is 0. The summed E-state index contributed by atoms with van der Waals surface area (Å²) in [5, 5.41) is 10.6. The molecule has 0 aliphatic carbocycles. The van der Waals surface area contributed by atoms with Gasteiger partial charge >= 0.3 is 0 Å². The van der Waals surface area contributed by atoms with Gasteiger partial charge in [-0.25, -0.2) is 0 Å². The number of benzene rings is 1. The van der Waals surface area contributed by atoms with Crippen molar-refractivity contribution in [3.05, 3.63) is 39.9 Å². The summed E-state index contributed by atoms with van der Waals surface area (Å²) in [5.41, 5.74) is 1.23. The molecule has 3 nitrogen and oxygen atoms in total. The van der Waals surface area contributed by atoms with E-state index >= 15 is 0 Å². The van der Waals surface area contributed by atoms with Crippen LogP contribution in [-0.4, -0.2) is 10.3 Å². The van der Waals surface area contributed by atoms with Gasteiger partial charge in [-0.1, -0.05) is 26.0 Å². The highest BCUT2D eigenvalue weighted by Crippen LogP contribution is 2.20. The molecule has 0 radical (unpaired) electrons. The van der Waals surface area contributed by atoms with Gasteiger partial charge < -0.3 is 0 Å². The van der Waals surface area contributed by atoms with Crippen molar-refractivity contribution in [2.45, 2.75) is 32.1 Å². The van der Waals surface area contributed by atoms with Crippen molar-refractivity contribution >= 4 is 17.3 Å². The zero-order valence-electron chi connectivity index (χ0n) is 9.52. The van der Waals surface area contributed by atoms with E-state index < -0.39 is 0 Å². The van der Waals surface area contributed by atoms with E-state index in [1.807, 2.05) is 0 Å². The molecule has 0 fully saturated rings. The van der Waals surface area contributed by atoms with Crippen LogP contribution in [0.1, 0.15) is 25.8 Å². The number of nitro groups is 1. The number of halogens is 1. The van der Waals surface area contributed by atoms with Crippen LogP contribution in [0.15, 0.2) is 24.3 Å². The molecule has 0 heterocycles. The lowest BCUT2D eigenvalue weighted by Crippen LogP contribution is -2.12. The Balaban J connectivity index is 2.65. The van der Waals surface area contributed by atoms with Gasteiger partial charge in [0.2, 0.25) is 0 Å². The average molecular weight is 242 g/mol. The van der Waals surface area contributed by atoms with Gasteiger partial charge in [-0.2, -0.15) is 0 Å². The molecule has 1 rings (SSSR count). The molecule has 88 valence electrons. The van der Waals surface area contributed by atoms with Crippen LogP contribution in [0.5, 0.6) is 0 Å². The molecule has 1 aromatic carbocycles. The van der Waals surface area contributed by atoms with E-state index in [1.54, 1.807) is 12.1 Å². The Labute approximate surface area is 101 Å². The molecule has 16 heavy (non-hydrogen) atoms. The summed E-state index contributed by atoms with van der Waals surface area (Å²) in [4.78, 5) is 10.1. The highest BCUT2D eigenvalue weighted by molar-refractivity contribution is 6.20. The minimum Gasteiger partial charge on any atom is -0.258 e. The fourth-order valence-electron chi connectivity index (χ4n) is 1.66. The smallest absolute Gasteiger partial charge is 0.258 e. The van der Waals surface area contributed by atoms with E-state index in [0.717, 1.165) is 18.4 Å². The number of nitrogens with zero attached hydrogens (tertiary/aromatic N) is 1. The Hall–Kier alpha value is -1.09. The largest absolute Gasteiger partial charge is 0.269 e. The van der Waals surface area contributed by atoms with Crippen LogP contribution < -0.4 is 0 Å². The quantitative estimate of drug-likeness (QED) is 0.447. The number of alkyl halides is 1. The number of nitro benzene ring substituents is 1. The summed E-state index contributed by atoms with van der Waals surface area (Å²) in [6, 6.07) is 6.68. The maximum Gasteiger partial charge on any atom is 0.269 e. The Morgan fingerprint density at radius 2 is 1.94 bits per heavy atom. The molecule has 0 bridgehead atoms. The molecule has 0 saturated carbocycles. The molecule has 2 unspecified atom stereocenters. The average Bonchev–Trinajstić information content (AvgIpc) is 2.28. The normalized spacial score (nSPS) is 14.4. The lowest BCUT2D eigenvalue weighted by Gasteiger charge is -2.15. The number of hydrogen-bond donors (Lipinski definition) is 0. The number of non-ortho nitro benzene ring substituents is 1. The fourth-order valence-corrected chi connectivity index (χ4v) is 1.74. The van der Waals surface area contributed by atoms with Crippen molar-refractivity contribution in [1.82, 2.24) is 0 Å². The van der Waals surface area contributed by atoms with Crippen LogP contribution in [0.4, 0.5) is 5.69 Å². The second-order valence-corrected chi connectivity index (χ2v) is 4.59. The van der Waals surface area contributed by atoms with Gasteiger partial charge in [0.15, 0.2) is 0 Å². The summed E-state index contributed by atoms with van der Waals surface area (Å²) in [6.45, 7) is 4.16. The van der Waals surface area contributed by atoms with E-state index in [2.05, 4.69) is 13.8 Å². The topological polar surface area (TPSA) is 43.1 Å². The molecule has 0 saturated heterocycles. The van der Waals surface area contributed by atoms with E-state index in [1.165, 1.54) is 12.1 Å². The lowest BCUT2D eigenvalue weighted by molar-refractivity contribution is -0.384. The molecular weight excluding hydrogens is 226 g/mol. The third-order valence-corrected chi connectivity index (χ3v) is 3.45. The summed E-state index contributed by atoms with van der Waals surface area (Å²) in [6.07, 6.45) is 1.80. The second-order valence-electron chi connectivity index (χ2n) is 4.03. The molecule has 1 aromatic rings. The highest BCUT2D eigenvalue weighted by Gasteiger charge is 2.13. The van der Waals surface area contributed by atoms with Crippen molar-refractivity contribution in [3.63, 3.8) is 0 Å². The van der Waals surface area contributed by atoms with Crippen LogP contribution in [0, 0.1) is 16.0 Å². The van der Waals surface area contributed by atoms with Crippen LogP contribution in [-0.2, 0) is 6.42 Å². The molecule has 0 amide bonds. The van der Waals surface area contributed by atoms with Crippen molar-refractivity contribution in [1.29, 1.82) is 0 Å². The van der Waals surface area contributed by atoms with Crippen LogP contribution in [0.25, 0.3) is 0 Å². The zero-order chi connectivity index (χ0) is 12.1. The van der Waals surface area contributed by atoms with Gasteiger partial charge in [-0.15, -0.1) is 11.6 Å². The third kappa shape index (κ3) is 3.49. The van der Waals surface area contributed by atoms with Crippen molar-refractivity contribution < 1.29 is 4.92 Å². The van der Waals surface area contributed by atoms with Crippen LogP contribution in [0.2, 0.25) is 0 Å². The van der Waals surface area contributed by atoms with Crippen molar-refractivity contribution in [2.24, 2.45) is 5.92 Å². The molecule has 0 aliphatic heterocycles. The van der Waals surface area contributed by atoms with E-state index in [0.29, 0.717) is 5.92 Å². The lowest BCUT2D eigenvalue weighted by atomic mass is 9.96. The highest BCUT2D eigenvalue weighted by atomic mass is 35.5. The van der Waals surface area contributed by atoms with Crippen LogP contribution in [0.3, 0.4) is 0 Å². The molecule has 2 atom stereocenters. The summed E-state index contributed by atoms with van der Waals surface area (Å²) in [7, 11) is 0. The Morgan fingerprint density at radius 3 is 2.38 bits per heavy atom. The maximum atomic E-state index is 10.5. The van der Waals surface area contributed by atoms with Crippen LogP contribution >= 0.6 is 11.6 Å². The Bertz CT molecular complexity index is 351. The van der Waals surface area contributed by atoms with Gasteiger partial charge in [0.25, 0.3) is 5.69 Å². The van der Waals surface area contributed by atoms with Crippen molar-refractivity contribution in [3.8, 4) is 0 Å². The predicted octanol–water partition coefficient (Wildman–Crippen LogP) is 3.79. The van der Waals surface area contributed by atoms with Gasteiger partial charge in [0, 0.05) is 17.5 Å². The first-order chi connectivity index (χ1) is 7.54. The molecule has 0 spiro atoms. The monoisotopic (exact) mass is 241 g/mol. The van der Waals surface area contributed by atoms with Crippen molar-refractivity contribution in [2.75, 3.05) is 0 Å². The Kier molecular flexibility index (Phi) is 4.74. The fraction of sp³-hybridized carbons (Fsp3) is 0.500. The first-order valence-electron chi connectivity index (χ1n) is 5.42. The van der Waals surface area contributed by atoms with Gasteiger partial charge in [0.1, 0.15) is 0 Å². The molecule has 0 aromatic heterocycles. The zero-order valence-corrected chi connectivity index (χ0v) is 10.3. The number of rotatable bonds is 5. The Morgan fingerprint density at radius 1 is 1.38 bits per heavy atom. The minimum atomic E-state index is -0.385. The summed E-state index contributed by atoms with van der Waals surface area (Å²) in [5.74, 6) is 0.383. The van der Waals surface area contributed by atoms with E-state index in [4.69, 9.17) is 11.6 Å². The van der Waals surface area contributed by atoms with Gasteiger partial charge in [-0.3, -0.25) is 10.1 Å². The SMILES string of the molecule is CCC(Cl)C(C)Cc1ccc([N+](=O)[O-])cc1. The van der Waals surface area contributed by atoms with E-state index in [9.17, 15) is 10.1 Å². The van der Waals surface area contributed by atoms with E-state index in [-0.39, 0.29) is 16.0 Å². The molecular formula is C12H16ClNO2. The third-order valence-electron chi connectivity index (χ3n) is 2.71. The molecule has 0 aliphatic rings. The summed E-state index contributed by atoms with van der Waals surface area (Å²) >= 11 is 6.14. The maximum absolute atomic E-state index is 10.5. The predicted molar refractivity (Wildman–Crippen MR) is 65.9 cm³/mol. The standard InChI is InChI=1S/C12H16ClNO2/c1-3-12(13)9(2)8-10-4-6-11(7-5-10)14(15)16/h4-7,9,12H,3,8H2,1-2H3. The second kappa shape index (κ2) is 5.85.